The number of aliphatic hydroxyl groups is 1. The summed E-state index contributed by atoms with van der Waals surface area (Å²) >= 11 is 6.19. The second kappa shape index (κ2) is 6.37. The van der Waals surface area contributed by atoms with Crippen LogP contribution in [0.2, 0.25) is 5.02 Å². The molecule has 0 saturated heterocycles. The van der Waals surface area contributed by atoms with E-state index < -0.39 is 6.10 Å². The zero-order valence-electron chi connectivity index (χ0n) is 12.5. The van der Waals surface area contributed by atoms with Gasteiger partial charge in [0.2, 0.25) is 0 Å². The van der Waals surface area contributed by atoms with Crippen LogP contribution in [0.3, 0.4) is 0 Å². The Morgan fingerprint density at radius 3 is 2.52 bits per heavy atom. The lowest BCUT2D eigenvalue weighted by Crippen LogP contribution is -2.13. The first-order valence-electron chi connectivity index (χ1n) is 6.63. The van der Waals surface area contributed by atoms with Crippen LogP contribution in [-0.4, -0.2) is 29.1 Å². The number of aromatic nitrogens is 2. The van der Waals surface area contributed by atoms with Crippen molar-refractivity contribution in [1.82, 2.24) is 9.78 Å². The molecule has 0 fully saturated rings. The van der Waals surface area contributed by atoms with Crippen LogP contribution in [0.15, 0.2) is 24.4 Å². The van der Waals surface area contributed by atoms with E-state index in [2.05, 4.69) is 5.10 Å². The Kier molecular flexibility index (Phi) is 4.75. The van der Waals surface area contributed by atoms with Gasteiger partial charge in [0.1, 0.15) is 6.10 Å². The van der Waals surface area contributed by atoms with Gasteiger partial charge in [0.05, 0.1) is 31.1 Å². The highest BCUT2D eigenvalue weighted by atomic mass is 35.5. The average molecular weight is 311 g/mol. The van der Waals surface area contributed by atoms with Gasteiger partial charge in [-0.1, -0.05) is 23.7 Å². The highest BCUT2D eigenvalue weighted by Crippen LogP contribution is 2.39. The minimum Gasteiger partial charge on any atom is -0.493 e. The summed E-state index contributed by atoms with van der Waals surface area (Å²) in [5, 5.41) is 15.4. The number of hydrogen-bond donors (Lipinski definition) is 1. The average Bonchev–Trinajstić information content (AvgIpc) is 2.87. The van der Waals surface area contributed by atoms with Gasteiger partial charge in [-0.05, 0) is 19.9 Å². The van der Waals surface area contributed by atoms with E-state index in [1.54, 1.807) is 30.0 Å². The summed E-state index contributed by atoms with van der Waals surface area (Å²) in [7, 11) is 3.09. The molecule has 2 aromatic rings. The fourth-order valence-electron chi connectivity index (χ4n) is 2.29. The van der Waals surface area contributed by atoms with Crippen molar-refractivity contribution >= 4 is 11.6 Å². The van der Waals surface area contributed by atoms with Crippen molar-refractivity contribution in [2.75, 3.05) is 14.2 Å². The first-order valence-corrected chi connectivity index (χ1v) is 7.00. The fourth-order valence-corrected chi connectivity index (χ4v) is 2.53. The lowest BCUT2D eigenvalue weighted by Gasteiger charge is -2.20. The van der Waals surface area contributed by atoms with E-state index >= 15 is 0 Å². The third-order valence-electron chi connectivity index (χ3n) is 3.26. The van der Waals surface area contributed by atoms with Crippen molar-refractivity contribution in [2.24, 2.45) is 0 Å². The first kappa shape index (κ1) is 15.7. The Morgan fingerprint density at radius 2 is 1.95 bits per heavy atom. The van der Waals surface area contributed by atoms with Crippen LogP contribution < -0.4 is 9.47 Å². The molecular formula is C15H19ClN2O3. The molecule has 0 spiro atoms. The van der Waals surface area contributed by atoms with Gasteiger partial charge >= 0.3 is 0 Å². The normalized spacial score (nSPS) is 12.5. The van der Waals surface area contributed by atoms with Crippen molar-refractivity contribution in [3.05, 3.63) is 40.7 Å². The highest BCUT2D eigenvalue weighted by Gasteiger charge is 2.25. The third kappa shape index (κ3) is 2.84. The second-order valence-corrected chi connectivity index (χ2v) is 5.31. The van der Waals surface area contributed by atoms with Crippen LogP contribution in [0, 0.1) is 0 Å². The molecule has 0 bridgehead atoms. The minimum absolute atomic E-state index is 0.0822. The number of benzene rings is 1. The van der Waals surface area contributed by atoms with Crippen molar-refractivity contribution < 1.29 is 14.6 Å². The van der Waals surface area contributed by atoms with Crippen molar-refractivity contribution in [3.8, 4) is 11.5 Å². The molecule has 1 heterocycles. The maximum absolute atomic E-state index is 10.7. The number of para-hydroxylation sites is 1. The summed E-state index contributed by atoms with van der Waals surface area (Å²) < 4.78 is 12.3. The molecule has 0 radical (unpaired) electrons. The summed E-state index contributed by atoms with van der Waals surface area (Å²) in [5.74, 6) is 1.04. The smallest absolute Gasteiger partial charge is 0.166 e. The zero-order valence-corrected chi connectivity index (χ0v) is 13.3. The van der Waals surface area contributed by atoms with Gasteiger partial charge in [-0.15, -0.1) is 0 Å². The molecule has 1 unspecified atom stereocenters. The van der Waals surface area contributed by atoms with Gasteiger partial charge in [0.25, 0.3) is 0 Å². The van der Waals surface area contributed by atoms with Crippen molar-refractivity contribution in [3.63, 3.8) is 0 Å². The van der Waals surface area contributed by atoms with Gasteiger partial charge in [0.15, 0.2) is 11.5 Å². The SMILES string of the molecule is COc1cccc(C(O)c2c(Cl)cnn2C(C)C)c1OC. The molecule has 114 valence electrons. The van der Waals surface area contributed by atoms with Crippen LogP contribution in [0.25, 0.3) is 0 Å². The van der Waals surface area contributed by atoms with E-state index in [4.69, 9.17) is 21.1 Å². The van der Waals surface area contributed by atoms with E-state index in [-0.39, 0.29) is 6.04 Å². The van der Waals surface area contributed by atoms with E-state index in [0.29, 0.717) is 27.8 Å². The number of rotatable bonds is 5. The lowest BCUT2D eigenvalue weighted by atomic mass is 10.0. The molecule has 2 rings (SSSR count). The number of nitrogens with zero attached hydrogens (tertiary/aromatic N) is 2. The highest BCUT2D eigenvalue weighted by molar-refractivity contribution is 6.31. The van der Waals surface area contributed by atoms with Gasteiger partial charge < -0.3 is 14.6 Å². The molecule has 1 aromatic heterocycles. The molecule has 0 aliphatic heterocycles. The molecule has 0 amide bonds. The number of hydrogen-bond acceptors (Lipinski definition) is 4. The summed E-state index contributed by atoms with van der Waals surface area (Å²) in [4.78, 5) is 0. The Morgan fingerprint density at radius 1 is 1.24 bits per heavy atom. The molecule has 1 aromatic carbocycles. The number of methoxy groups -OCH3 is 2. The quantitative estimate of drug-likeness (QED) is 0.921. The van der Waals surface area contributed by atoms with Gasteiger partial charge in [-0.2, -0.15) is 5.10 Å². The Labute approximate surface area is 129 Å². The molecule has 6 heteroatoms. The van der Waals surface area contributed by atoms with E-state index in [1.165, 1.54) is 13.3 Å². The zero-order chi connectivity index (χ0) is 15.6. The largest absolute Gasteiger partial charge is 0.493 e. The van der Waals surface area contributed by atoms with Crippen LogP contribution in [0.4, 0.5) is 0 Å². The van der Waals surface area contributed by atoms with Crippen molar-refractivity contribution in [2.45, 2.75) is 26.0 Å². The number of aliphatic hydroxyl groups excluding tert-OH is 1. The maximum atomic E-state index is 10.7. The predicted molar refractivity (Wildman–Crippen MR) is 81.2 cm³/mol. The van der Waals surface area contributed by atoms with Crippen LogP contribution >= 0.6 is 11.6 Å². The Balaban J connectivity index is 2.55. The number of ether oxygens (including phenoxy) is 2. The minimum atomic E-state index is -0.951. The molecule has 1 atom stereocenters. The maximum Gasteiger partial charge on any atom is 0.166 e. The lowest BCUT2D eigenvalue weighted by molar-refractivity contribution is 0.199. The molecule has 0 aliphatic rings. The molecule has 0 aliphatic carbocycles. The second-order valence-electron chi connectivity index (χ2n) is 4.90. The van der Waals surface area contributed by atoms with Crippen LogP contribution in [0.5, 0.6) is 11.5 Å². The summed E-state index contributed by atoms with van der Waals surface area (Å²) in [6.07, 6.45) is 0.583. The van der Waals surface area contributed by atoms with E-state index in [0.717, 1.165) is 0 Å². The van der Waals surface area contributed by atoms with Gasteiger partial charge in [-0.25, -0.2) is 0 Å². The summed E-state index contributed by atoms with van der Waals surface area (Å²) in [5.41, 5.74) is 1.12. The molecule has 5 nitrogen and oxygen atoms in total. The number of halogens is 1. The molecule has 21 heavy (non-hydrogen) atoms. The fraction of sp³-hybridized carbons (Fsp3) is 0.400. The van der Waals surface area contributed by atoms with Gasteiger partial charge in [-0.3, -0.25) is 4.68 Å². The monoisotopic (exact) mass is 310 g/mol. The predicted octanol–water partition coefficient (Wildman–Crippen LogP) is 3.22. The first-order chi connectivity index (χ1) is 10.0. The van der Waals surface area contributed by atoms with Crippen molar-refractivity contribution in [1.29, 1.82) is 0 Å². The summed E-state index contributed by atoms with van der Waals surface area (Å²) in [6, 6.07) is 5.43. The van der Waals surface area contributed by atoms with Crippen LogP contribution in [-0.2, 0) is 0 Å². The topological polar surface area (TPSA) is 56.5 Å². The Hall–Kier alpha value is -1.72. The Bertz CT molecular complexity index is 625. The van der Waals surface area contributed by atoms with Crippen LogP contribution in [0.1, 0.15) is 37.3 Å². The van der Waals surface area contributed by atoms with E-state index in [1.807, 2.05) is 13.8 Å². The third-order valence-corrected chi connectivity index (χ3v) is 3.55. The molecular weight excluding hydrogens is 292 g/mol. The van der Waals surface area contributed by atoms with Gasteiger partial charge in [0, 0.05) is 11.6 Å². The molecule has 0 saturated carbocycles. The standard InChI is InChI=1S/C15H19ClN2O3/c1-9(2)18-13(11(16)8-17-18)14(19)10-6-5-7-12(20-3)15(10)21-4/h5-9,14,19H,1-4H3. The molecule has 1 N–H and O–H groups in total. The van der Waals surface area contributed by atoms with E-state index in [9.17, 15) is 5.11 Å². The summed E-state index contributed by atoms with van der Waals surface area (Å²) in [6.45, 7) is 3.95.